The Kier molecular flexibility index (Phi) is 4.45. The molecular weight excluding hydrogens is 302 g/mol. The zero-order chi connectivity index (χ0) is 14.9. The summed E-state index contributed by atoms with van der Waals surface area (Å²) in [6, 6.07) is 4.17. The zero-order valence-corrected chi connectivity index (χ0v) is 12.6. The summed E-state index contributed by atoms with van der Waals surface area (Å²) in [4.78, 5) is 12.3. The Morgan fingerprint density at radius 1 is 1.35 bits per heavy atom. The molecule has 3 nitrogen and oxygen atoms in total. The van der Waals surface area contributed by atoms with Gasteiger partial charge in [0.15, 0.2) is 5.78 Å². The van der Waals surface area contributed by atoms with Gasteiger partial charge in [0.05, 0.1) is 27.9 Å². The van der Waals surface area contributed by atoms with Crippen molar-refractivity contribution in [2.45, 2.75) is 26.8 Å². The van der Waals surface area contributed by atoms with Crippen molar-refractivity contribution in [1.82, 2.24) is 9.78 Å². The molecule has 0 aliphatic rings. The standard InChI is InChI=1S/C14H13Cl2FN2O/c1-3-19-11(13(15)8(2)18-19)7-12(20)9-5-4-6-10(17)14(9)16/h4-6H,3,7H2,1-2H3. The van der Waals surface area contributed by atoms with E-state index < -0.39 is 5.82 Å². The Bertz CT molecular complexity index is 667. The van der Waals surface area contributed by atoms with E-state index in [1.807, 2.05) is 6.92 Å². The molecule has 20 heavy (non-hydrogen) atoms. The van der Waals surface area contributed by atoms with Crippen molar-refractivity contribution < 1.29 is 9.18 Å². The van der Waals surface area contributed by atoms with Gasteiger partial charge in [-0.05, 0) is 26.0 Å². The van der Waals surface area contributed by atoms with Gasteiger partial charge in [-0.1, -0.05) is 29.3 Å². The summed E-state index contributed by atoms with van der Waals surface area (Å²) >= 11 is 12.0. The molecule has 1 aromatic carbocycles. The average Bonchev–Trinajstić information content (AvgIpc) is 2.69. The lowest BCUT2D eigenvalue weighted by Gasteiger charge is -2.07. The fraction of sp³-hybridized carbons (Fsp3) is 0.286. The minimum absolute atomic E-state index is 0.0384. The molecule has 0 amide bonds. The van der Waals surface area contributed by atoms with Crippen LogP contribution >= 0.6 is 23.2 Å². The van der Waals surface area contributed by atoms with Crippen molar-refractivity contribution in [1.29, 1.82) is 0 Å². The molecule has 0 saturated carbocycles. The first-order valence-corrected chi connectivity index (χ1v) is 6.90. The third-order valence-electron chi connectivity index (χ3n) is 3.03. The van der Waals surface area contributed by atoms with Crippen molar-refractivity contribution in [2.24, 2.45) is 0 Å². The molecule has 0 radical (unpaired) electrons. The minimum atomic E-state index is -0.608. The molecule has 106 valence electrons. The van der Waals surface area contributed by atoms with Crippen LogP contribution in [0.25, 0.3) is 0 Å². The Labute approximate surface area is 126 Å². The molecule has 0 bridgehead atoms. The molecule has 0 fully saturated rings. The maximum atomic E-state index is 13.4. The summed E-state index contributed by atoms with van der Waals surface area (Å²) in [5, 5.41) is 4.55. The second kappa shape index (κ2) is 5.94. The van der Waals surface area contributed by atoms with Crippen LogP contribution in [-0.4, -0.2) is 15.6 Å². The maximum absolute atomic E-state index is 13.4. The summed E-state index contributed by atoms with van der Waals surface area (Å²) in [6.45, 7) is 4.29. The van der Waals surface area contributed by atoms with E-state index in [1.54, 1.807) is 11.6 Å². The number of aryl methyl sites for hydroxylation is 2. The van der Waals surface area contributed by atoms with Crippen molar-refractivity contribution in [3.05, 3.63) is 51.0 Å². The van der Waals surface area contributed by atoms with Crippen LogP contribution in [0.1, 0.15) is 28.7 Å². The summed E-state index contributed by atoms with van der Waals surface area (Å²) in [7, 11) is 0. The first-order valence-electron chi connectivity index (χ1n) is 6.14. The van der Waals surface area contributed by atoms with E-state index in [1.165, 1.54) is 18.2 Å². The van der Waals surface area contributed by atoms with E-state index in [0.29, 0.717) is 23.0 Å². The zero-order valence-electron chi connectivity index (χ0n) is 11.1. The van der Waals surface area contributed by atoms with Crippen LogP contribution in [0.2, 0.25) is 10.0 Å². The Morgan fingerprint density at radius 3 is 2.70 bits per heavy atom. The number of ketones is 1. The van der Waals surface area contributed by atoms with Gasteiger partial charge in [-0.2, -0.15) is 5.10 Å². The molecule has 1 aromatic heterocycles. The molecule has 0 unspecified atom stereocenters. The number of halogens is 3. The van der Waals surface area contributed by atoms with E-state index in [2.05, 4.69) is 5.10 Å². The topological polar surface area (TPSA) is 34.9 Å². The van der Waals surface area contributed by atoms with E-state index in [0.717, 1.165) is 0 Å². The van der Waals surface area contributed by atoms with Gasteiger partial charge in [-0.15, -0.1) is 0 Å². The highest BCUT2D eigenvalue weighted by atomic mass is 35.5. The lowest BCUT2D eigenvalue weighted by molar-refractivity contribution is 0.0990. The number of aromatic nitrogens is 2. The highest BCUT2D eigenvalue weighted by Gasteiger charge is 2.19. The number of benzene rings is 1. The maximum Gasteiger partial charge on any atom is 0.170 e. The van der Waals surface area contributed by atoms with Crippen LogP contribution < -0.4 is 0 Å². The molecule has 0 aliphatic heterocycles. The monoisotopic (exact) mass is 314 g/mol. The third kappa shape index (κ3) is 2.72. The van der Waals surface area contributed by atoms with Gasteiger partial charge in [0, 0.05) is 12.1 Å². The molecule has 0 spiro atoms. The van der Waals surface area contributed by atoms with Crippen LogP contribution in [-0.2, 0) is 13.0 Å². The highest BCUT2D eigenvalue weighted by Crippen LogP contribution is 2.25. The second-order valence-corrected chi connectivity index (χ2v) is 5.12. The lowest BCUT2D eigenvalue weighted by Crippen LogP contribution is -2.11. The van der Waals surface area contributed by atoms with Crippen molar-refractivity contribution in [3.8, 4) is 0 Å². The van der Waals surface area contributed by atoms with Gasteiger partial charge in [-0.25, -0.2) is 4.39 Å². The smallest absolute Gasteiger partial charge is 0.170 e. The van der Waals surface area contributed by atoms with Crippen LogP contribution in [0.5, 0.6) is 0 Å². The number of hydrogen-bond acceptors (Lipinski definition) is 2. The summed E-state index contributed by atoms with van der Waals surface area (Å²) in [5.41, 5.74) is 1.45. The molecule has 0 saturated heterocycles. The molecular formula is C14H13Cl2FN2O. The molecule has 0 aliphatic carbocycles. The van der Waals surface area contributed by atoms with Crippen molar-refractivity contribution in [3.63, 3.8) is 0 Å². The van der Waals surface area contributed by atoms with Gasteiger partial charge in [0.2, 0.25) is 0 Å². The van der Waals surface area contributed by atoms with E-state index in [9.17, 15) is 9.18 Å². The number of rotatable bonds is 4. The van der Waals surface area contributed by atoms with E-state index in [4.69, 9.17) is 23.2 Å². The van der Waals surface area contributed by atoms with Crippen LogP contribution in [0.3, 0.4) is 0 Å². The van der Waals surface area contributed by atoms with Crippen LogP contribution in [0.15, 0.2) is 18.2 Å². The fourth-order valence-corrected chi connectivity index (χ4v) is 2.44. The highest BCUT2D eigenvalue weighted by molar-refractivity contribution is 6.34. The Hall–Kier alpha value is -1.39. The van der Waals surface area contributed by atoms with Crippen LogP contribution in [0.4, 0.5) is 4.39 Å². The minimum Gasteiger partial charge on any atom is -0.294 e. The van der Waals surface area contributed by atoms with E-state index in [-0.39, 0.29) is 22.8 Å². The van der Waals surface area contributed by atoms with Crippen molar-refractivity contribution >= 4 is 29.0 Å². The average molecular weight is 315 g/mol. The van der Waals surface area contributed by atoms with E-state index >= 15 is 0 Å². The molecule has 2 aromatic rings. The SMILES string of the molecule is CCn1nc(C)c(Cl)c1CC(=O)c1cccc(F)c1Cl. The third-order valence-corrected chi connectivity index (χ3v) is 3.91. The first-order chi connectivity index (χ1) is 9.45. The molecule has 6 heteroatoms. The van der Waals surface area contributed by atoms with Gasteiger partial charge >= 0.3 is 0 Å². The number of nitrogens with zero attached hydrogens (tertiary/aromatic N) is 2. The molecule has 2 rings (SSSR count). The number of hydrogen-bond donors (Lipinski definition) is 0. The molecule has 1 heterocycles. The van der Waals surface area contributed by atoms with Gasteiger partial charge < -0.3 is 0 Å². The van der Waals surface area contributed by atoms with Gasteiger partial charge in [-0.3, -0.25) is 9.48 Å². The number of Topliss-reactive ketones (excluding diaryl/α,β-unsaturated/α-hetero) is 1. The normalized spacial score (nSPS) is 10.8. The lowest BCUT2D eigenvalue weighted by atomic mass is 10.1. The Balaban J connectivity index is 2.35. The van der Waals surface area contributed by atoms with Gasteiger partial charge in [0.1, 0.15) is 5.82 Å². The predicted molar refractivity (Wildman–Crippen MR) is 77.1 cm³/mol. The van der Waals surface area contributed by atoms with Crippen molar-refractivity contribution in [2.75, 3.05) is 0 Å². The van der Waals surface area contributed by atoms with Crippen LogP contribution in [0, 0.1) is 12.7 Å². The quantitative estimate of drug-likeness (QED) is 0.797. The Morgan fingerprint density at radius 2 is 2.05 bits per heavy atom. The predicted octanol–water partition coefficient (Wildman–Crippen LogP) is 4.08. The fourth-order valence-electron chi connectivity index (χ4n) is 2.00. The molecule has 0 atom stereocenters. The summed E-state index contributed by atoms with van der Waals surface area (Å²) in [5.74, 6) is -0.894. The van der Waals surface area contributed by atoms with Gasteiger partial charge in [0.25, 0.3) is 0 Å². The second-order valence-electron chi connectivity index (χ2n) is 4.36. The largest absolute Gasteiger partial charge is 0.294 e. The number of carbonyl (C=O) groups excluding carboxylic acids is 1. The summed E-state index contributed by atoms with van der Waals surface area (Å²) < 4.78 is 15.0. The summed E-state index contributed by atoms with van der Waals surface area (Å²) in [6.07, 6.45) is 0.0384. The molecule has 0 N–H and O–H groups in total. The first kappa shape index (κ1) is 15.0. The number of carbonyl (C=O) groups is 1.